The van der Waals surface area contributed by atoms with Crippen LogP contribution in [0.5, 0.6) is 0 Å². The van der Waals surface area contributed by atoms with E-state index < -0.39 is 0 Å². The molecule has 0 radical (unpaired) electrons. The van der Waals surface area contributed by atoms with Gasteiger partial charge in [-0.05, 0) is 38.9 Å². The molecular formula is C15H20ClN3. The summed E-state index contributed by atoms with van der Waals surface area (Å²) in [5, 5.41) is 4.21. The third-order valence-electron chi connectivity index (χ3n) is 3.33. The van der Waals surface area contributed by atoms with Gasteiger partial charge >= 0.3 is 0 Å². The first-order valence-electron chi connectivity index (χ1n) is 6.64. The minimum Gasteiger partial charge on any atom is -0.313 e. The zero-order valence-electron chi connectivity index (χ0n) is 11.7. The molecule has 102 valence electrons. The number of aromatic nitrogens is 2. The van der Waals surface area contributed by atoms with Gasteiger partial charge in [-0.3, -0.25) is 0 Å². The van der Waals surface area contributed by atoms with Crippen LogP contribution in [0, 0.1) is 13.8 Å². The Balaban J connectivity index is 2.39. The molecule has 0 fully saturated rings. The lowest BCUT2D eigenvalue weighted by atomic mass is 10.1. The van der Waals surface area contributed by atoms with Gasteiger partial charge in [-0.25, -0.2) is 4.98 Å². The van der Waals surface area contributed by atoms with E-state index in [4.69, 9.17) is 11.6 Å². The highest BCUT2D eigenvalue weighted by Gasteiger charge is 2.11. The summed E-state index contributed by atoms with van der Waals surface area (Å²) in [4.78, 5) is 4.36. The van der Waals surface area contributed by atoms with Crippen LogP contribution in [-0.2, 0) is 6.54 Å². The van der Waals surface area contributed by atoms with Crippen molar-refractivity contribution in [1.82, 2.24) is 14.9 Å². The Kier molecular flexibility index (Phi) is 4.61. The minimum atomic E-state index is 0.777. The summed E-state index contributed by atoms with van der Waals surface area (Å²) in [6, 6.07) is 6.01. The fourth-order valence-corrected chi connectivity index (χ4v) is 2.32. The molecule has 0 aliphatic heterocycles. The number of imidazole rings is 1. The van der Waals surface area contributed by atoms with Crippen molar-refractivity contribution in [3.05, 3.63) is 46.5 Å². The predicted molar refractivity (Wildman–Crippen MR) is 80.0 cm³/mol. The maximum Gasteiger partial charge on any atom is 0.0997 e. The fraction of sp³-hybridized carbons (Fsp3) is 0.400. The number of aryl methyl sites for hydroxylation is 1. The number of benzene rings is 1. The Morgan fingerprint density at radius 1 is 1.32 bits per heavy atom. The monoisotopic (exact) mass is 277 g/mol. The summed E-state index contributed by atoms with van der Waals surface area (Å²) in [5.41, 5.74) is 4.43. The Labute approximate surface area is 119 Å². The number of rotatable bonds is 5. The van der Waals surface area contributed by atoms with Crippen LogP contribution in [0.2, 0.25) is 5.02 Å². The number of halogens is 1. The number of nitrogens with one attached hydrogen (secondary N) is 1. The Hall–Kier alpha value is -1.32. The minimum absolute atomic E-state index is 0.777. The van der Waals surface area contributed by atoms with E-state index in [1.54, 1.807) is 0 Å². The van der Waals surface area contributed by atoms with Crippen molar-refractivity contribution in [2.24, 2.45) is 0 Å². The number of hydrogen-bond acceptors (Lipinski definition) is 2. The average Bonchev–Trinajstić information content (AvgIpc) is 2.72. The van der Waals surface area contributed by atoms with E-state index in [9.17, 15) is 0 Å². The average molecular weight is 278 g/mol. The molecule has 0 atom stereocenters. The molecule has 0 saturated heterocycles. The predicted octanol–water partition coefficient (Wildman–Crippen LogP) is 3.64. The van der Waals surface area contributed by atoms with Gasteiger partial charge in [-0.15, -0.1) is 0 Å². The smallest absolute Gasteiger partial charge is 0.0997 e. The second kappa shape index (κ2) is 6.22. The standard InChI is InChI=1S/C15H20ClN3/c1-4-8-17-9-13-14(16)6-5-7-15(13)19-10-18-11(2)12(19)3/h5-7,10,17H,4,8-9H2,1-3H3. The van der Waals surface area contributed by atoms with Crippen molar-refractivity contribution < 1.29 is 0 Å². The molecule has 2 rings (SSSR count). The van der Waals surface area contributed by atoms with Gasteiger partial charge in [0.25, 0.3) is 0 Å². The van der Waals surface area contributed by atoms with Gasteiger partial charge in [0.05, 0.1) is 17.7 Å². The zero-order valence-corrected chi connectivity index (χ0v) is 12.5. The zero-order chi connectivity index (χ0) is 13.8. The van der Waals surface area contributed by atoms with Crippen LogP contribution < -0.4 is 5.32 Å². The summed E-state index contributed by atoms with van der Waals surface area (Å²) in [6.45, 7) is 8.02. The highest BCUT2D eigenvalue weighted by atomic mass is 35.5. The van der Waals surface area contributed by atoms with Crippen molar-refractivity contribution >= 4 is 11.6 Å². The first kappa shape index (κ1) is 14.1. The summed E-state index contributed by atoms with van der Waals surface area (Å²) < 4.78 is 2.10. The van der Waals surface area contributed by atoms with Crippen LogP contribution in [0.1, 0.15) is 30.3 Å². The van der Waals surface area contributed by atoms with Crippen molar-refractivity contribution in [1.29, 1.82) is 0 Å². The van der Waals surface area contributed by atoms with E-state index in [0.29, 0.717) is 0 Å². The lowest BCUT2D eigenvalue weighted by Gasteiger charge is -2.14. The Morgan fingerprint density at radius 3 is 2.74 bits per heavy atom. The lowest BCUT2D eigenvalue weighted by Crippen LogP contribution is -2.16. The van der Waals surface area contributed by atoms with Crippen LogP contribution in [0.3, 0.4) is 0 Å². The van der Waals surface area contributed by atoms with Gasteiger partial charge in [0.2, 0.25) is 0 Å². The second-order valence-corrected chi connectivity index (χ2v) is 5.11. The molecule has 0 aliphatic rings. The maximum atomic E-state index is 6.34. The van der Waals surface area contributed by atoms with E-state index in [-0.39, 0.29) is 0 Å². The van der Waals surface area contributed by atoms with Crippen LogP contribution in [0.4, 0.5) is 0 Å². The molecule has 0 unspecified atom stereocenters. The van der Waals surface area contributed by atoms with E-state index in [1.165, 1.54) is 0 Å². The van der Waals surface area contributed by atoms with Crippen LogP contribution in [0.25, 0.3) is 5.69 Å². The molecule has 0 bridgehead atoms. The van der Waals surface area contributed by atoms with E-state index >= 15 is 0 Å². The van der Waals surface area contributed by atoms with Gasteiger partial charge in [0, 0.05) is 22.8 Å². The number of nitrogens with zero attached hydrogens (tertiary/aromatic N) is 2. The molecular weight excluding hydrogens is 258 g/mol. The van der Waals surface area contributed by atoms with E-state index in [0.717, 1.165) is 47.2 Å². The first-order chi connectivity index (χ1) is 9.15. The largest absolute Gasteiger partial charge is 0.313 e. The maximum absolute atomic E-state index is 6.34. The second-order valence-electron chi connectivity index (χ2n) is 4.70. The van der Waals surface area contributed by atoms with Crippen LogP contribution in [-0.4, -0.2) is 16.1 Å². The third-order valence-corrected chi connectivity index (χ3v) is 3.69. The first-order valence-corrected chi connectivity index (χ1v) is 7.02. The number of hydrogen-bond donors (Lipinski definition) is 1. The van der Waals surface area contributed by atoms with E-state index in [1.807, 2.05) is 25.4 Å². The Morgan fingerprint density at radius 2 is 2.11 bits per heavy atom. The molecule has 0 aliphatic carbocycles. The van der Waals surface area contributed by atoms with E-state index in [2.05, 4.69) is 34.8 Å². The summed E-state index contributed by atoms with van der Waals surface area (Å²) in [5.74, 6) is 0. The van der Waals surface area contributed by atoms with Crippen LogP contribution >= 0.6 is 11.6 Å². The third kappa shape index (κ3) is 2.99. The topological polar surface area (TPSA) is 29.9 Å². The lowest BCUT2D eigenvalue weighted by molar-refractivity contribution is 0.672. The Bertz CT molecular complexity index is 561. The fourth-order valence-electron chi connectivity index (χ4n) is 2.08. The van der Waals surface area contributed by atoms with Gasteiger partial charge in [0.15, 0.2) is 0 Å². The molecule has 1 aromatic carbocycles. The molecule has 0 saturated carbocycles. The van der Waals surface area contributed by atoms with Crippen molar-refractivity contribution in [3.8, 4) is 5.69 Å². The molecule has 3 nitrogen and oxygen atoms in total. The van der Waals surface area contributed by atoms with Crippen molar-refractivity contribution in [2.75, 3.05) is 6.54 Å². The van der Waals surface area contributed by atoms with Gasteiger partial charge in [0.1, 0.15) is 0 Å². The van der Waals surface area contributed by atoms with Gasteiger partial charge in [-0.2, -0.15) is 0 Å². The van der Waals surface area contributed by atoms with Gasteiger partial charge in [-0.1, -0.05) is 24.6 Å². The molecule has 1 aromatic heterocycles. The highest BCUT2D eigenvalue weighted by molar-refractivity contribution is 6.31. The molecule has 1 heterocycles. The van der Waals surface area contributed by atoms with Crippen molar-refractivity contribution in [3.63, 3.8) is 0 Å². The molecule has 4 heteroatoms. The quantitative estimate of drug-likeness (QED) is 0.846. The normalized spacial score (nSPS) is 10.9. The highest BCUT2D eigenvalue weighted by Crippen LogP contribution is 2.25. The summed E-state index contributed by atoms with van der Waals surface area (Å²) in [6.07, 6.45) is 2.97. The molecule has 0 spiro atoms. The van der Waals surface area contributed by atoms with Crippen LogP contribution in [0.15, 0.2) is 24.5 Å². The summed E-state index contributed by atoms with van der Waals surface area (Å²) in [7, 11) is 0. The molecule has 19 heavy (non-hydrogen) atoms. The SMILES string of the molecule is CCCNCc1c(Cl)cccc1-n1cnc(C)c1C. The summed E-state index contributed by atoms with van der Waals surface area (Å²) >= 11 is 6.34. The van der Waals surface area contributed by atoms with Crippen molar-refractivity contribution in [2.45, 2.75) is 33.7 Å². The molecule has 0 amide bonds. The van der Waals surface area contributed by atoms with Gasteiger partial charge < -0.3 is 9.88 Å². The molecule has 1 N–H and O–H groups in total. The molecule has 2 aromatic rings.